The lowest BCUT2D eigenvalue weighted by molar-refractivity contribution is -0.137. The lowest BCUT2D eigenvalue weighted by atomic mass is 10.1. The van der Waals surface area contributed by atoms with Gasteiger partial charge in [0.2, 0.25) is 0 Å². The van der Waals surface area contributed by atoms with Gasteiger partial charge in [0.1, 0.15) is 5.82 Å². The van der Waals surface area contributed by atoms with Gasteiger partial charge in [0, 0.05) is 16.0 Å². The van der Waals surface area contributed by atoms with Gasteiger partial charge in [0.05, 0.1) is 11.3 Å². The first-order chi connectivity index (χ1) is 13.8. The Labute approximate surface area is 170 Å². The third kappa shape index (κ3) is 6.06. The van der Waals surface area contributed by atoms with Crippen LogP contribution < -0.4 is 0 Å². The van der Waals surface area contributed by atoms with E-state index < -0.39 is 11.7 Å². The van der Waals surface area contributed by atoms with Gasteiger partial charge in [-0.05, 0) is 61.0 Å². The number of aryl methyl sites for hydroxylation is 1. The van der Waals surface area contributed by atoms with Crippen molar-refractivity contribution in [2.24, 2.45) is 4.99 Å². The van der Waals surface area contributed by atoms with E-state index in [-0.39, 0.29) is 5.82 Å². The zero-order chi connectivity index (χ0) is 20.9. The van der Waals surface area contributed by atoms with Crippen LogP contribution in [0.15, 0.2) is 88.8 Å². The van der Waals surface area contributed by atoms with Crippen LogP contribution in [0.3, 0.4) is 0 Å². The van der Waals surface area contributed by atoms with Crippen LogP contribution in [0.25, 0.3) is 4.91 Å². The van der Waals surface area contributed by atoms with E-state index in [1.165, 1.54) is 42.2 Å². The van der Waals surface area contributed by atoms with Crippen molar-refractivity contribution in [3.05, 3.63) is 101 Å². The summed E-state index contributed by atoms with van der Waals surface area (Å²) >= 11 is 1.42. The van der Waals surface area contributed by atoms with Crippen LogP contribution in [0.5, 0.6) is 0 Å². The van der Waals surface area contributed by atoms with Crippen molar-refractivity contribution >= 4 is 28.6 Å². The van der Waals surface area contributed by atoms with Gasteiger partial charge in [-0.1, -0.05) is 47.7 Å². The first-order valence-electron chi connectivity index (χ1n) is 8.73. The topological polar surface area (TPSA) is 12.4 Å². The molecule has 0 bridgehead atoms. The summed E-state index contributed by atoms with van der Waals surface area (Å²) in [5, 5.41) is 0. The van der Waals surface area contributed by atoms with E-state index >= 15 is 0 Å². The molecular formula is C23H17F4NS. The van der Waals surface area contributed by atoms with Crippen LogP contribution in [-0.2, 0) is 6.18 Å². The molecule has 0 fully saturated rings. The normalized spacial score (nSPS) is 12.5. The van der Waals surface area contributed by atoms with Crippen LogP contribution in [0.2, 0.25) is 0 Å². The monoisotopic (exact) mass is 415 g/mol. The van der Waals surface area contributed by atoms with Gasteiger partial charge in [-0.3, -0.25) is 4.99 Å². The maximum atomic E-state index is 13.3. The van der Waals surface area contributed by atoms with Crippen LogP contribution in [0, 0.1) is 12.7 Å². The van der Waals surface area contributed by atoms with Crippen LogP contribution in [0.4, 0.5) is 23.2 Å². The fourth-order valence-electron chi connectivity index (χ4n) is 2.49. The fraction of sp³-hybridized carbons (Fsp3) is 0.0870. The Kier molecular flexibility index (Phi) is 6.54. The zero-order valence-corrected chi connectivity index (χ0v) is 16.3. The summed E-state index contributed by atoms with van der Waals surface area (Å²) < 4.78 is 51.9. The Morgan fingerprint density at radius 1 is 0.931 bits per heavy atom. The number of hydrogen-bond donors (Lipinski definition) is 0. The Morgan fingerprint density at radius 2 is 1.62 bits per heavy atom. The molecule has 0 N–H and O–H groups in total. The molecule has 148 valence electrons. The Hall–Kier alpha value is -2.86. The van der Waals surface area contributed by atoms with E-state index in [1.54, 1.807) is 18.2 Å². The molecule has 0 aliphatic rings. The summed E-state index contributed by atoms with van der Waals surface area (Å²) in [6.07, 6.45) is -1.16. The standard InChI is InChI=1S/C23H17F4NS/c1-16-5-11-21(12-6-16)29-22(13-14-28-20-4-2-3-19(24)15-20)17-7-9-18(10-8-17)23(25,26)27/h2-15H,1H3. The van der Waals surface area contributed by atoms with Crippen molar-refractivity contribution < 1.29 is 17.6 Å². The SMILES string of the molecule is Cc1ccc(SC(=CC=Nc2cccc(F)c2)c2ccc(C(F)(F)F)cc2)cc1. The zero-order valence-electron chi connectivity index (χ0n) is 15.5. The van der Waals surface area contributed by atoms with Crippen LogP contribution >= 0.6 is 11.8 Å². The maximum absolute atomic E-state index is 13.3. The van der Waals surface area contributed by atoms with E-state index in [4.69, 9.17) is 0 Å². The van der Waals surface area contributed by atoms with Gasteiger partial charge in [-0.2, -0.15) is 13.2 Å². The first kappa shape index (κ1) is 20.9. The predicted octanol–water partition coefficient (Wildman–Crippen LogP) is 7.69. The Balaban J connectivity index is 1.91. The van der Waals surface area contributed by atoms with E-state index in [0.29, 0.717) is 11.3 Å². The molecule has 3 rings (SSSR count). The molecule has 0 heterocycles. The second-order valence-electron chi connectivity index (χ2n) is 6.28. The van der Waals surface area contributed by atoms with E-state index in [1.807, 2.05) is 31.2 Å². The highest BCUT2D eigenvalue weighted by Crippen LogP contribution is 2.36. The molecule has 0 radical (unpaired) electrons. The lowest BCUT2D eigenvalue weighted by Crippen LogP contribution is -2.04. The third-order valence-electron chi connectivity index (χ3n) is 4.00. The molecule has 3 aromatic rings. The van der Waals surface area contributed by atoms with E-state index in [2.05, 4.69) is 4.99 Å². The summed E-state index contributed by atoms with van der Waals surface area (Å²) in [6.45, 7) is 1.98. The van der Waals surface area contributed by atoms with Gasteiger partial charge >= 0.3 is 6.18 Å². The minimum Gasteiger partial charge on any atom is -0.257 e. The Morgan fingerprint density at radius 3 is 2.24 bits per heavy atom. The van der Waals surface area contributed by atoms with Gasteiger partial charge in [0.25, 0.3) is 0 Å². The molecule has 3 aromatic carbocycles. The van der Waals surface area contributed by atoms with Gasteiger partial charge in [-0.25, -0.2) is 4.39 Å². The maximum Gasteiger partial charge on any atom is 0.416 e. The summed E-state index contributed by atoms with van der Waals surface area (Å²) in [5.41, 5.74) is 1.50. The smallest absolute Gasteiger partial charge is 0.257 e. The average Bonchev–Trinajstić information content (AvgIpc) is 2.68. The lowest BCUT2D eigenvalue weighted by Gasteiger charge is -2.10. The molecule has 0 unspecified atom stereocenters. The molecule has 0 spiro atoms. The third-order valence-corrected chi connectivity index (χ3v) is 5.10. The number of rotatable bonds is 5. The highest BCUT2D eigenvalue weighted by atomic mass is 32.2. The second-order valence-corrected chi connectivity index (χ2v) is 7.39. The minimum absolute atomic E-state index is 0.388. The second kappa shape index (κ2) is 9.09. The first-order valence-corrected chi connectivity index (χ1v) is 9.55. The summed E-state index contributed by atoms with van der Waals surface area (Å²) in [5.74, 6) is -0.388. The van der Waals surface area contributed by atoms with Gasteiger partial charge < -0.3 is 0 Å². The highest BCUT2D eigenvalue weighted by molar-refractivity contribution is 8.08. The van der Waals surface area contributed by atoms with Crippen molar-refractivity contribution in [3.8, 4) is 0 Å². The molecular weight excluding hydrogens is 398 g/mol. The highest BCUT2D eigenvalue weighted by Gasteiger charge is 2.30. The van der Waals surface area contributed by atoms with Crippen LogP contribution in [0.1, 0.15) is 16.7 Å². The molecule has 0 aromatic heterocycles. The van der Waals surface area contributed by atoms with Crippen molar-refractivity contribution in [1.82, 2.24) is 0 Å². The number of aliphatic imine (C=N–C) groups is 1. The molecule has 0 aliphatic heterocycles. The van der Waals surface area contributed by atoms with Crippen molar-refractivity contribution in [3.63, 3.8) is 0 Å². The summed E-state index contributed by atoms with van der Waals surface area (Å²) in [7, 11) is 0. The van der Waals surface area contributed by atoms with Gasteiger partial charge in [-0.15, -0.1) is 0 Å². The van der Waals surface area contributed by atoms with Crippen LogP contribution in [-0.4, -0.2) is 6.21 Å². The number of alkyl halides is 3. The molecule has 0 amide bonds. The van der Waals surface area contributed by atoms with Crippen molar-refractivity contribution in [1.29, 1.82) is 0 Å². The fourth-order valence-corrected chi connectivity index (χ4v) is 3.40. The molecule has 0 saturated carbocycles. The van der Waals surface area contributed by atoms with Gasteiger partial charge in [0.15, 0.2) is 0 Å². The summed E-state index contributed by atoms with van der Waals surface area (Å²) in [6, 6.07) is 18.7. The summed E-state index contributed by atoms with van der Waals surface area (Å²) in [4.78, 5) is 5.88. The number of thioether (sulfide) groups is 1. The number of halogens is 4. The number of allylic oxidation sites excluding steroid dienone is 1. The largest absolute Gasteiger partial charge is 0.416 e. The number of nitrogens with zero attached hydrogens (tertiary/aromatic N) is 1. The molecule has 0 atom stereocenters. The molecule has 0 aliphatic carbocycles. The minimum atomic E-state index is -4.38. The van der Waals surface area contributed by atoms with Crippen molar-refractivity contribution in [2.45, 2.75) is 18.0 Å². The van der Waals surface area contributed by atoms with Crippen molar-refractivity contribution in [2.75, 3.05) is 0 Å². The van der Waals surface area contributed by atoms with E-state index in [9.17, 15) is 17.6 Å². The molecule has 6 heteroatoms. The molecule has 29 heavy (non-hydrogen) atoms. The average molecular weight is 415 g/mol. The Bertz CT molecular complexity index is 1020. The predicted molar refractivity (Wildman–Crippen MR) is 111 cm³/mol. The number of hydrogen-bond acceptors (Lipinski definition) is 2. The quantitative estimate of drug-likeness (QED) is 0.236. The molecule has 0 saturated heterocycles. The molecule has 1 nitrogen and oxygen atoms in total. The van der Waals surface area contributed by atoms with E-state index in [0.717, 1.165) is 27.5 Å². The number of benzene rings is 3.